The quantitative estimate of drug-likeness (QED) is 0.850. The van der Waals surface area contributed by atoms with E-state index in [-0.39, 0.29) is 0 Å². The average Bonchev–Trinajstić information content (AvgIpc) is 2.86. The molecule has 1 unspecified atom stereocenters. The number of aliphatic hydroxyl groups is 1. The lowest BCUT2D eigenvalue weighted by molar-refractivity contribution is 0.153. The molecule has 96 valence electrons. The van der Waals surface area contributed by atoms with Crippen LogP contribution in [-0.2, 0) is 13.0 Å². The van der Waals surface area contributed by atoms with E-state index in [2.05, 4.69) is 16.9 Å². The Labute approximate surface area is 107 Å². The second-order valence-corrected chi connectivity index (χ2v) is 4.39. The Hall–Kier alpha value is -1.68. The zero-order valence-electron chi connectivity index (χ0n) is 10.7. The van der Waals surface area contributed by atoms with Crippen LogP contribution < -0.4 is 0 Å². The highest BCUT2D eigenvalue weighted by molar-refractivity contribution is 5.09. The standard InChI is InChI=1S/C14H19N3O/c1-2-9-17-10-8-16-14(17)13(18)6-5-12-4-3-7-15-11-12/h3-4,7-8,10-11,13,18H,2,5-6,9H2,1H3. The van der Waals surface area contributed by atoms with E-state index < -0.39 is 6.10 Å². The molecule has 0 saturated carbocycles. The van der Waals surface area contributed by atoms with Crippen molar-refractivity contribution in [2.24, 2.45) is 0 Å². The van der Waals surface area contributed by atoms with Gasteiger partial charge in [-0.3, -0.25) is 4.98 Å². The van der Waals surface area contributed by atoms with Crippen LogP contribution in [0.15, 0.2) is 36.9 Å². The fourth-order valence-electron chi connectivity index (χ4n) is 2.03. The zero-order chi connectivity index (χ0) is 12.8. The van der Waals surface area contributed by atoms with Gasteiger partial charge < -0.3 is 9.67 Å². The van der Waals surface area contributed by atoms with Gasteiger partial charge in [0.15, 0.2) is 0 Å². The fourth-order valence-corrected chi connectivity index (χ4v) is 2.03. The van der Waals surface area contributed by atoms with Gasteiger partial charge in [0.25, 0.3) is 0 Å². The van der Waals surface area contributed by atoms with E-state index in [4.69, 9.17) is 0 Å². The molecule has 1 atom stereocenters. The molecule has 18 heavy (non-hydrogen) atoms. The van der Waals surface area contributed by atoms with Crippen molar-refractivity contribution in [3.8, 4) is 0 Å². The molecule has 0 saturated heterocycles. The molecule has 0 amide bonds. The van der Waals surface area contributed by atoms with Crippen LogP contribution in [0.2, 0.25) is 0 Å². The molecule has 1 N–H and O–H groups in total. The van der Waals surface area contributed by atoms with Crippen LogP contribution >= 0.6 is 0 Å². The van der Waals surface area contributed by atoms with Crippen LogP contribution in [0.25, 0.3) is 0 Å². The number of pyridine rings is 1. The van der Waals surface area contributed by atoms with Crippen LogP contribution in [0, 0.1) is 0 Å². The molecule has 0 spiro atoms. The second kappa shape index (κ2) is 6.31. The number of aromatic nitrogens is 3. The van der Waals surface area contributed by atoms with Gasteiger partial charge in [0.1, 0.15) is 11.9 Å². The monoisotopic (exact) mass is 245 g/mol. The number of aryl methyl sites for hydroxylation is 2. The van der Waals surface area contributed by atoms with Gasteiger partial charge >= 0.3 is 0 Å². The fraction of sp³-hybridized carbons (Fsp3) is 0.429. The van der Waals surface area contributed by atoms with Crippen LogP contribution in [0.5, 0.6) is 0 Å². The minimum Gasteiger partial charge on any atom is -0.385 e. The van der Waals surface area contributed by atoms with Crippen LogP contribution in [0.4, 0.5) is 0 Å². The Morgan fingerprint density at radius 3 is 3.00 bits per heavy atom. The van der Waals surface area contributed by atoms with E-state index >= 15 is 0 Å². The molecule has 0 radical (unpaired) electrons. The maximum atomic E-state index is 10.2. The summed E-state index contributed by atoms with van der Waals surface area (Å²) in [6.07, 6.45) is 9.29. The summed E-state index contributed by atoms with van der Waals surface area (Å²) in [5, 5.41) is 10.2. The van der Waals surface area contributed by atoms with Crippen molar-refractivity contribution in [2.45, 2.75) is 38.8 Å². The Morgan fingerprint density at radius 2 is 2.28 bits per heavy atom. The minimum atomic E-state index is -0.508. The van der Waals surface area contributed by atoms with Crippen molar-refractivity contribution >= 4 is 0 Å². The molecule has 0 aliphatic heterocycles. The number of aliphatic hydroxyl groups excluding tert-OH is 1. The molecule has 0 aliphatic rings. The Balaban J connectivity index is 1.95. The number of hydrogen-bond donors (Lipinski definition) is 1. The van der Waals surface area contributed by atoms with Crippen LogP contribution in [0.3, 0.4) is 0 Å². The van der Waals surface area contributed by atoms with Crippen molar-refractivity contribution in [3.05, 3.63) is 48.3 Å². The Bertz CT molecular complexity index is 467. The largest absolute Gasteiger partial charge is 0.385 e. The summed E-state index contributed by atoms with van der Waals surface area (Å²) >= 11 is 0. The molecule has 2 aromatic heterocycles. The summed E-state index contributed by atoms with van der Waals surface area (Å²) in [7, 11) is 0. The van der Waals surface area contributed by atoms with Gasteiger partial charge in [0.05, 0.1) is 0 Å². The van der Waals surface area contributed by atoms with Crippen LogP contribution in [0.1, 0.15) is 37.3 Å². The van der Waals surface area contributed by atoms with Crippen LogP contribution in [-0.4, -0.2) is 19.6 Å². The van der Waals surface area contributed by atoms with E-state index in [0.717, 1.165) is 30.8 Å². The normalized spacial score (nSPS) is 12.6. The van der Waals surface area contributed by atoms with E-state index in [9.17, 15) is 5.11 Å². The smallest absolute Gasteiger partial charge is 0.137 e. The second-order valence-electron chi connectivity index (χ2n) is 4.39. The predicted octanol–water partition coefficient (Wildman–Crippen LogP) is 2.35. The van der Waals surface area contributed by atoms with E-state index in [1.807, 2.05) is 29.1 Å². The lowest BCUT2D eigenvalue weighted by atomic mass is 10.1. The average molecular weight is 245 g/mol. The summed E-state index contributed by atoms with van der Waals surface area (Å²) in [5.41, 5.74) is 1.14. The Morgan fingerprint density at radius 1 is 1.39 bits per heavy atom. The SMILES string of the molecule is CCCn1ccnc1C(O)CCc1cccnc1. The minimum absolute atomic E-state index is 0.508. The number of nitrogens with zero attached hydrogens (tertiary/aromatic N) is 3. The highest BCUT2D eigenvalue weighted by atomic mass is 16.3. The maximum absolute atomic E-state index is 10.2. The highest BCUT2D eigenvalue weighted by Gasteiger charge is 2.13. The third-order valence-electron chi connectivity index (χ3n) is 2.94. The number of hydrogen-bond acceptors (Lipinski definition) is 3. The van der Waals surface area contributed by atoms with Gasteiger partial charge in [-0.2, -0.15) is 0 Å². The lowest BCUT2D eigenvalue weighted by Crippen LogP contribution is -2.09. The summed E-state index contributed by atoms with van der Waals surface area (Å²) in [5.74, 6) is 0.765. The van der Waals surface area contributed by atoms with Crippen molar-refractivity contribution in [1.29, 1.82) is 0 Å². The predicted molar refractivity (Wildman–Crippen MR) is 70.0 cm³/mol. The lowest BCUT2D eigenvalue weighted by Gasteiger charge is -2.12. The summed E-state index contributed by atoms with van der Waals surface area (Å²) in [6, 6.07) is 3.94. The summed E-state index contributed by atoms with van der Waals surface area (Å²) in [4.78, 5) is 8.31. The number of imidazole rings is 1. The molecule has 0 bridgehead atoms. The third kappa shape index (κ3) is 3.17. The van der Waals surface area contributed by atoms with Gasteiger partial charge in [-0.25, -0.2) is 4.98 Å². The van der Waals surface area contributed by atoms with E-state index in [0.29, 0.717) is 6.42 Å². The molecular weight excluding hydrogens is 226 g/mol. The van der Waals surface area contributed by atoms with Crippen molar-refractivity contribution in [1.82, 2.24) is 14.5 Å². The molecule has 4 heteroatoms. The Kier molecular flexibility index (Phi) is 4.47. The van der Waals surface area contributed by atoms with Gasteiger partial charge in [0.2, 0.25) is 0 Å². The molecule has 0 fully saturated rings. The van der Waals surface area contributed by atoms with Crippen molar-refractivity contribution in [2.75, 3.05) is 0 Å². The summed E-state index contributed by atoms with van der Waals surface area (Å²) < 4.78 is 2.02. The molecule has 2 rings (SSSR count). The van der Waals surface area contributed by atoms with Crippen molar-refractivity contribution < 1.29 is 5.11 Å². The van der Waals surface area contributed by atoms with Gasteiger partial charge in [0, 0.05) is 31.3 Å². The molecule has 4 nitrogen and oxygen atoms in total. The zero-order valence-corrected chi connectivity index (χ0v) is 10.7. The van der Waals surface area contributed by atoms with Crippen molar-refractivity contribution in [3.63, 3.8) is 0 Å². The van der Waals surface area contributed by atoms with Gasteiger partial charge in [-0.1, -0.05) is 13.0 Å². The number of rotatable bonds is 6. The molecule has 0 aliphatic carbocycles. The highest BCUT2D eigenvalue weighted by Crippen LogP contribution is 2.17. The molecular formula is C14H19N3O. The van der Waals surface area contributed by atoms with E-state index in [1.165, 1.54) is 0 Å². The van der Waals surface area contributed by atoms with E-state index in [1.54, 1.807) is 12.4 Å². The van der Waals surface area contributed by atoms with Gasteiger partial charge in [-0.05, 0) is 30.9 Å². The topological polar surface area (TPSA) is 50.9 Å². The first-order chi connectivity index (χ1) is 8.81. The first-order valence-electron chi connectivity index (χ1n) is 6.39. The third-order valence-corrected chi connectivity index (χ3v) is 2.94. The van der Waals surface area contributed by atoms with Gasteiger partial charge in [-0.15, -0.1) is 0 Å². The first kappa shape index (κ1) is 12.8. The summed E-state index contributed by atoms with van der Waals surface area (Å²) in [6.45, 7) is 3.02. The maximum Gasteiger partial charge on any atom is 0.137 e. The molecule has 2 heterocycles. The first-order valence-corrected chi connectivity index (χ1v) is 6.39. The molecule has 0 aromatic carbocycles. The molecule has 2 aromatic rings.